The first-order valence-electron chi connectivity index (χ1n) is 5.77. The van der Waals surface area contributed by atoms with E-state index in [4.69, 9.17) is 4.74 Å². The highest BCUT2D eigenvalue weighted by Gasteiger charge is 2.03. The van der Waals surface area contributed by atoms with Crippen LogP contribution in [0.2, 0.25) is 0 Å². The van der Waals surface area contributed by atoms with Crippen molar-refractivity contribution in [3.63, 3.8) is 0 Å². The molecular weight excluding hydrogens is 298 g/mol. The van der Waals surface area contributed by atoms with Gasteiger partial charge in [0.2, 0.25) is 0 Å². The molecule has 0 aromatic heterocycles. The first-order valence-corrected chi connectivity index (χ1v) is 7.95. The zero-order chi connectivity index (χ0) is 12.7. The molecule has 0 aliphatic heterocycles. The molecule has 2 nitrogen and oxygen atoms in total. The maximum atomic E-state index is 5.67. The van der Waals surface area contributed by atoms with Crippen LogP contribution in [0.3, 0.4) is 0 Å². The number of rotatable bonds is 7. The molecule has 0 radical (unpaired) electrons. The highest BCUT2D eigenvalue weighted by molar-refractivity contribution is 9.10. The van der Waals surface area contributed by atoms with Gasteiger partial charge >= 0.3 is 0 Å². The van der Waals surface area contributed by atoms with Crippen LogP contribution in [0.25, 0.3) is 0 Å². The number of thioether (sulfide) groups is 1. The minimum Gasteiger partial charge on any atom is -0.492 e. The van der Waals surface area contributed by atoms with Gasteiger partial charge in [0.25, 0.3) is 0 Å². The monoisotopic (exact) mass is 317 g/mol. The van der Waals surface area contributed by atoms with E-state index in [0.29, 0.717) is 6.04 Å². The van der Waals surface area contributed by atoms with Crippen molar-refractivity contribution in [1.82, 2.24) is 5.32 Å². The SMILES string of the molecule is CSCCOc1ccc(CNC(C)C)cc1Br. The van der Waals surface area contributed by atoms with Gasteiger partial charge < -0.3 is 10.1 Å². The van der Waals surface area contributed by atoms with Gasteiger partial charge in [0, 0.05) is 18.3 Å². The summed E-state index contributed by atoms with van der Waals surface area (Å²) in [6.45, 7) is 5.94. The molecule has 0 aliphatic carbocycles. The van der Waals surface area contributed by atoms with E-state index in [1.807, 2.05) is 6.07 Å². The molecule has 0 saturated carbocycles. The molecule has 0 saturated heterocycles. The van der Waals surface area contributed by atoms with Crippen LogP contribution < -0.4 is 10.1 Å². The van der Waals surface area contributed by atoms with Crippen molar-refractivity contribution >= 4 is 27.7 Å². The molecule has 0 aliphatic rings. The van der Waals surface area contributed by atoms with E-state index in [2.05, 4.69) is 53.5 Å². The molecule has 0 bridgehead atoms. The minimum atomic E-state index is 0.506. The molecule has 96 valence electrons. The molecule has 0 fully saturated rings. The lowest BCUT2D eigenvalue weighted by molar-refractivity contribution is 0.341. The first-order chi connectivity index (χ1) is 8.13. The number of hydrogen-bond acceptors (Lipinski definition) is 3. The summed E-state index contributed by atoms with van der Waals surface area (Å²) in [6, 6.07) is 6.76. The van der Waals surface area contributed by atoms with Gasteiger partial charge in [-0.3, -0.25) is 0 Å². The van der Waals surface area contributed by atoms with Crippen LogP contribution in [0.15, 0.2) is 22.7 Å². The Labute approximate surface area is 117 Å². The van der Waals surface area contributed by atoms with Crippen molar-refractivity contribution < 1.29 is 4.74 Å². The van der Waals surface area contributed by atoms with Gasteiger partial charge in [-0.25, -0.2) is 0 Å². The second kappa shape index (κ2) is 8.01. The van der Waals surface area contributed by atoms with Gasteiger partial charge in [0.05, 0.1) is 11.1 Å². The van der Waals surface area contributed by atoms with E-state index in [1.54, 1.807) is 11.8 Å². The maximum absolute atomic E-state index is 5.67. The Kier molecular flexibility index (Phi) is 7.00. The van der Waals surface area contributed by atoms with E-state index < -0.39 is 0 Å². The minimum absolute atomic E-state index is 0.506. The normalized spacial score (nSPS) is 10.9. The molecule has 17 heavy (non-hydrogen) atoms. The predicted molar refractivity (Wildman–Crippen MR) is 80.0 cm³/mol. The van der Waals surface area contributed by atoms with Crippen LogP contribution in [0, 0.1) is 0 Å². The molecule has 0 heterocycles. The summed E-state index contributed by atoms with van der Waals surface area (Å²) < 4.78 is 6.70. The quantitative estimate of drug-likeness (QED) is 0.775. The van der Waals surface area contributed by atoms with Crippen LogP contribution >= 0.6 is 27.7 Å². The Bertz CT molecular complexity index is 344. The van der Waals surface area contributed by atoms with Crippen LogP contribution in [-0.2, 0) is 6.54 Å². The van der Waals surface area contributed by atoms with Crippen LogP contribution in [-0.4, -0.2) is 24.7 Å². The molecular formula is C13H20BrNOS. The fourth-order valence-corrected chi connectivity index (χ4v) is 2.12. The number of hydrogen-bond donors (Lipinski definition) is 1. The van der Waals surface area contributed by atoms with E-state index in [9.17, 15) is 0 Å². The van der Waals surface area contributed by atoms with E-state index in [1.165, 1.54) is 5.56 Å². The molecule has 1 aromatic rings. The summed E-state index contributed by atoms with van der Waals surface area (Å²) in [5.41, 5.74) is 1.27. The van der Waals surface area contributed by atoms with Gasteiger partial charge in [-0.1, -0.05) is 19.9 Å². The Balaban J connectivity index is 2.53. The Morgan fingerprint density at radius 3 is 2.76 bits per heavy atom. The van der Waals surface area contributed by atoms with Crippen LogP contribution in [0.5, 0.6) is 5.75 Å². The average molecular weight is 318 g/mol. The Morgan fingerprint density at radius 1 is 1.41 bits per heavy atom. The predicted octanol–water partition coefficient (Wildman–Crippen LogP) is 3.69. The van der Waals surface area contributed by atoms with E-state index in [0.717, 1.165) is 29.1 Å². The number of nitrogens with one attached hydrogen (secondary N) is 1. The fraction of sp³-hybridized carbons (Fsp3) is 0.538. The number of ether oxygens (including phenoxy) is 1. The highest BCUT2D eigenvalue weighted by Crippen LogP contribution is 2.26. The maximum Gasteiger partial charge on any atom is 0.133 e. The van der Waals surface area contributed by atoms with E-state index in [-0.39, 0.29) is 0 Å². The smallest absolute Gasteiger partial charge is 0.133 e. The van der Waals surface area contributed by atoms with Gasteiger partial charge in [0.15, 0.2) is 0 Å². The largest absolute Gasteiger partial charge is 0.492 e. The third-order valence-corrected chi connectivity index (χ3v) is 3.45. The zero-order valence-corrected chi connectivity index (χ0v) is 13.0. The standard InChI is InChI=1S/C13H20BrNOS/c1-10(2)15-9-11-4-5-13(12(14)8-11)16-6-7-17-3/h4-5,8,10,15H,6-7,9H2,1-3H3. The molecule has 0 atom stereocenters. The van der Waals surface area contributed by atoms with Crippen molar-refractivity contribution in [2.24, 2.45) is 0 Å². The van der Waals surface area contributed by atoms with Crippen molar-refractivity contribution in [1.29, 1.82) is 0 Å². The van der Waals surface area contributed by atoms with Crippen molar-refractivity contribution in [2.75, 3.05) is 18.6 Å². The molecule has 4 heteroatoms. The fourth-order valence-electron chi connectivity index (χ4n) is 1.33. The first kappa shape index (κ1) is 14.9. The Morgan fingerprint density at radius 2 is 2.18 bits per heavy atom. The molecule has 0 unspecified atom stereocenters. The lowest BCUT2D eigenvalue weighted by atomic mass is 10.2. The Hall–Kier alpha value is -0.190. The summed E-state index contributed by atoms with van der Waals surface area (Å²) >= 11 is 5.34. The lowest BCUT2D eigenvalue weighted by Gasteiger charge is -2.11. The second-order valence-corrected chi connectivity index (χ2v) is 5.98. The zero-order valence-electron chi connectivity index (χ0n) is 10.6. The van der Waals surface area contributed by atoms with E-state index >= 15 is 0 Å². The second-order valence-electron chi connectivity index (χ2n) is 4.14. The molecule has 0 amide bonds. The van der Waals surface area contributed by atoms with Gasteiger partial charge in [-0.15, -0.1) is 0 Å². The molecule has 0 spiro atoms. The summed E-state index contributed by atoms with van der Waals surface area (Å²) in [5.74, 6) is 1.94. The number of halogens is 1. The van der Waals surface area contributed by atoms with Crippen LogP contribution in [0.1, 0.15) is 19.4 Å². The topological polar surface area (TPSA) is 21.3 Å². The lowest BCUT2D eigenvalue weighted by Crippen LogP contribution is -2.21. The van der Waals surface area contributed by atoms with Gasteiger partial charge in [-0.2, -0.15) is 11.8 Å². The molecule has 1 N–H and O–H groups in total. The molecule has 1 aromatic carbocycles. The number of benzene rings is 1. The van der Waals surface area contributed by atoms with Gasteiger partial charge in [0.1, 0.15) is 5.75 Å². The van der Waals surface area contributed by atoms with Crippen molar-refractivity contribution in [3.05, 3.63) is 28.2 Å². The summed E-state index contributed by atoms with van der Waals surface area (Å²) in [6.07, 6.45) is 2.08. The third kappa shape index (κ3) is 5.80. The van der Waals surface area contributed by atoms with Crippen molar-refractivity contribution in [2.45, 2.75) is 26.4 Å². The molecule has 1 rings (SSSR count). The summed E-state index contributed by atoms with van der Waals surface area (Å²) in [4.78, 5) is 0. The van der Waals surface area contributed by atoms with Crippen LogP contribution in [0.4, 0.5) is 0 Å². The third-order valence-electron chi connectivity index (χ3n) is 2.26. The summed E-state index contributed by atoms with van der Waals surface area (Å²) in [7, 11) is 0. The highest BCUT2D eigenvalue weighted by atomic mass is 79.9. The summed E-state index contributed by atoms with van der Waals surface area (Å²) in [5, 5.41) is 3.40. The van der Waals surface area contributed by atoms with Gasteiger partial charge in [-0.05, 0) is 39.9 Å². The average Bonchev–Trinajstić information content (AvgIpc) is 2.29. The van der Waals surface area contributed by atoms with Crippen molar-refractivity contribution in [3.8, 4) is 5.75 Å².